The molecular formula is C16H20N2OS2. The van der Waals surface area contributed by atoms with Crippen LogP contribution in [0.5, 0.6) is 0 Å². The van der Waals surface area contributed by atoms with Gasteiger partial charge in [0, 0.05) is 12.0 Å². The van der Waals surface area contributed by atoms with Gasteiger partial charge in [0.15, 0.2) is 0 Å². The smallest absolute Gasteiger partial charge is 0.298 e. The molecule has 1 saturated heterocycles. The minimum absolute atomic E-state index is 0.273. The Hall–Kier alpha value is -1.07. The molecule has 0 amide bonds. The number of thiocarbonyl (C=S) groups is 1. The van der Waals surface area contributed by atoms with Crippen LogP contribution in [-0.2, 0) is 4.74 Å². The van der Waals surface area contributed by atoms with E-state index in [2.05, 4.69) is 9.89 Å². The molecule has 112 valence electrons. The maximum atomic E-state index is 6.03. The molecule has 0 aromatic heterocycles. The average molecular weight is 320 g/mol. The maximum absolute atomic E-state index is 6.03. The van der Waals surface area contributed by atoms with Crippen molar-refractivity contribution >= 4 is 40.0 Å². The van der Waals surface area contributed by atoms with Crippen molar-refractivity contribution in [2.75, 3.05) is 19.4 Å². The lowest BCUT2D eigenvalue weighted by molar-refractivity contribution is 0.0714. The molecule has 1 aromatic carbocycles. The fourth-order valence-electron chi connectivity index (χ4n) is 3.13. The Morgan fingerprint density at radius 1 is 1.29 bits per heavy atom. The minimum atomic E-state index is 0.273. The zero-order valence-electron chi connectivity index (χ0n) is 12.2. The number of thioether (sulfide) groups is 1. The molecule has 21 heavy (non-hydrogen) atoms. The van der Waals surface area contributed by atoms with E-state index in [9.17, 15) is 0 Å². The molecule has 0 unspecified atom stereocenters. The van der Waals surface area contributed by atoms with E-state index in [1.165, 1.54) is 25.7 Å². The average Bonchev–Trinajstić information content (AvgIpc) is 2.98. The van der Waals surface area contributed by atoms with Gasteiger partial charge in [0.2, 0.25) is 0 Å². The van der Waals surface area contributed by atoms with Crippen molar-refractivity contribution in [1.29, 1.82) is 0 Å². The zero-order valence-corrected chi connectivity index (χ0v) is 13.9. The normalized spacial score (nSPS) is 22.5. The van der Waals surface area contributed by atoms with Gasteiger partial charge >= 0.3 is 0 Å². The highest BCUT2D eigenvalue weighted by atomic mass is 32.2. The predicted molar refractivity (Wildman–Crippen MR) is 93.2 cm³/mol. The van der Waals surface area contributed by atoms with Crippen molar-refractivity contribution < 1.29 is 4.74 Å². The highest BCUT2D eigenvalue weighted by molar-refractivity contribution is 8.22. The third-order valence-corrected chi connectivity index (χ3v) is 5.56. The second-order valence-electron chi connectivity index (χ2n) is 5.78. The van der Waals surface area contributed by atoms with Crippen LogP contribution in [0.1, 0.15) is 25.7 Å². The van der Waals surface area contributed by atoms with E-state index in [-0.39, 0.29) is 5.41 Å². The molecule has 0 atom stereocenters. The third-order valence-electron chi connectivity index (χ3n) is 4.27. The number of aliphatic imine (C=N–C) groups is 1. The Labute approximate surface area is 135 Å². The van der Waals surface area contributed by atoms with E-state index in [4.69, 9.17) is 17.0 Å². The molecular weight excluding hydrogens is 300 g/mol. The van der Waals surface area contributed by atoms with E-state index >= 15 is 0 Å². The van der Waals surface area contributed by atoms with Crippen molar-refractivity contribution in [2.45, 2.75) is 25.7 Å². The summed E-state index contributed by atoms with van der Waals surface area (Å²) in [6.45, 7) is 1.71. The fourth-order valence-corrected chi connectivity index (χ4v) is 3.64. The monoisotopic (exact) mass is 320 g/mol. The lowest BCUT2D eigenvalue weighted by atomic mass is 9.86. The molecule has 0 bridgehead atoms. The summed E-state index contributed by atoms with van der Waals surface area (Å²) in [5, 5.41) is 0. The summed E-state index contributed by atoms with van der Waals surface area (Å²) in [4.78, 5) is 6.73. The minimum Gasteiger partial charge on any atom is -0.464 e. The molecule has 0 N–H and O–H groups in total. The Balaban J connectivity index is 1.86. The molecule has 1 aromatic rings. The number of rotatable bonds is 1. The van der Waals surface area contributed by atoms with Gasteiger partial charge in [-0.3, -0.25) is 4.90 Å². The van der Waals surface area contributed by atoms with Gasteiger partial charge in [-0.05, 0) is 31.2 Å². The molecule has 5 heteroatoms. The molecule has 1 aliphatic carbocycles. The number of para-hydroxylation sites is 1. The Morgan fingerprint density at radius 2 is 2.00 bits per heavy atom. The van der Waals surface area contributed by atoms with E-state index in [1.807, 2.05) is 36.6 Å². The largest absolute Gasteiger partial charge is 0.464 e. The van der Waals surface area contributed by atoms with Crippen LogP contribution in [0.2, 0.25) is 0 Å². The Bertz CT molecular complexity index is 538. The molecule has 1 saturated carbocycles. The molecule has 0 radical (unpaired) electrons. The summed E-state index contributed by atoms with van der Waals surface area (Å²) in [7, 11) is 0. The van der Waals surface area contributed by atoms with Gasteiger partial charge in [0.1, 0.15) is 4.32 Å². The van der Waals surface area contributed by atoms with E-state index < -0.39 is 0 Å². The topological polar surface area (TPSA) is 24.8 Å². The van der Waals surface area contributed by atoms with E-state index in [0.717, 1.165) is 23.2 Å². The second-order valence-corrected chi connectivity index (χ2v) is 7.22. The van der Waals surface area contributed by atoms with Gasteiger partial charge < -0.3 is 4.74 Å². The van der Waals surface area contributed by atoms with Gasteiger partial charge in [0.05, 0.1) is 12.3 Å². The van der Waals surface area contributed by atoms with Crippen LogP contribution in [0.4, 0.5) is 5.69 Å². The van der Waals surface area contributed by atoms with E-state index in [1.54, 1.807) is 11.8 Å². The molecule has 3 rings (SSSR count). The van der Waals surface area contributed by atoms with Crippen LogP contribution in [0.3, 0.4) is 0 Å². The second kappa shape index (κ2) is 6.36. The van der Waals surface area contributed by atoms with E-state index in [0.29, 0.717) is 6.02 Å². The van der Waals surface area contributed by atoms with Crippen LogP contribution in [0.15, 0.2) is 35.3 Å². The first-order valence-corrected chi connectivity index (χ1v) is 8.98. The van der Waals surface area contributed by atoms with Crippen molar-refractivity contribution in [2.24, 2.45) is 10.4 Å². The van der Waals surface area contributed by atoms with Gasteiger partial charge in [-0.25, -0.2) is 0 Å². The van der Waals surface area contributed by atoms with Crippen molar-refractivity contribution in [3.63, 3.8) is 0 Å². The summed E-state index contributed by atoms with van der Waals surface area (Å²) in [5.41, 5.74) is 1.18. The first-order chi connectivity index (χ1) is 10.2. The SMILES string of the molecule is CSC(=S)N1CC2(CCCC2)COC1=Nc1ccccc1. The molecule has 1 heterocycles. The molecule has 2 fully saturated rings. The van der Waals surface area contributed by atoms with Crippen molar-refractivity contribution in [3.8, 4) is 0 Å². The third kappa shape index (κ3) is 3.24. The fraction of sp³-hybridized carbons (Fsp3) is 0.500. The number of hydrogen-bond donors (Lipinski definition) is 0. The number of amidine groups is 1. The number of hydrogen-bond acceptors (Lipinski definition) is 4. The number of benzene rings is 1. The summed E-state index contributed by atoms with van der Waals surface area (Å²) in [6.07, 6.45) is 7.08. The predicted octanol–water partition coefficient (Wildman–Crippen LogP) is 4.21. The Kier molecular flexibility index (Phi) is 4.50. The maximum Gasteiger partial charge on any atom is 0.298 e. The van der Waals surface area contributed by atoms with Crippen LogP contribution >= 0.6 is 24.0 Å². The van der Waals surface area contributed by atoms with Crippen molar-refractivity contribution in [3.05, 3.63) is 30.3 Å². The highest BCUT2D eigenvalue weighted by Crippen LogP contribution is 2.42. The summed E-state index contributed by atoms with van der Waals surface area (Å²) in [5.74, 6) is 0. The summed E-state index contributed by atoms with van der Waals surface area (Å²) in [6, 6.07) is 10.6. The van der Waals surface area contributed by atoms with Crippen molar-refractivity contribution in [1.82, 2.24) is 4.90 Å². The van der Waals surface area contributed by atoms with Crippen LogP contribution < -0.4 is 0 Å². The van der Waals surface area contributed by atoms with Crippen LogP contribution in [-0.4, -0.2) is 34.6 Å². The first kappa shape index (κ1) is 14.9. The van der Waals surface area contributed by atoms with Crippen LogP contribution in [0.25, 0.3) is 0 Å². The van der Waals surface area contributed by atoms with Gasteiger partial charge in [-0.1, -0.05) is 55.0 Å². The molecule has 1 spiro atoms. The molecule has 1 aliphatic heterocycles. The van der Waals surface area contributed by atoms with Gasteiger partial charge in [-0.2, -0.15) is 4.99 Å². The highest BCUT2D eigenvalue weighted by Gasteiger charge is 2.42. The zero-order chi connectivity index (χ0) is 14.7. The lowest BCUT2D eigenvalue weighted by Gasteiger charge is -2.41. The lowest BCUT2D eigenvalue weighted by Crippen LogP contribution is -2.50. The molecule has 3 nitrogen and oxygen atoms in total. The van der Waals surface area contributed by atoms with Crippen LogP contribution in [0, 0.1) is 5.41 Å². The number of nitrogens with zero attached hydrogens (tertiary/aromatic N) is 2. The Morgan fingerprint density at radius 3 is 2.67 bits per heavy atom. The summed E-state index contributed by atoms with van der Waals surface area (Å²) < 4.78 is 6.87. The number of ether oxygens (including phenoxy) is 1. The quantitative estimate of drug-likeness (QED) is 0.724. The summed E-state index contributed by atoms with van der Waals surface area (Å²) >= 11 is 7.10. The van der Waals surface area contributed by atoms with Gasteiger partial charge in [-0.15, -0.1) is 0 Å². The first-order valence-electron chi connectivity index (χ1n) is 7.34. The molecule has 2 aliphatic rings. The standard InChI is InChI=1S/C16H20N2OS2/c1-21-15(20)18-11-16(9-5-6-10-16)12-19-14(18)17-13-7-3-2-4-8-13/h2-4,7-8H,5-6,9-12H2,1H3. The van der Waals surface area contributed by atoms with Gasteiger partial charge in [0.25, 0.3) is 6.02 Å².